The Morgan fingerprint density at radius 1 is 1.53 bits per heavy atom. The van der Waals surface area contributed by atoms with Crippen molar-refractivity contribution in [3.63, 3.8) is 0 Å². The van der Waals surface area contributed by atoms with E-state index >= 15 is 0 Å². The Bertz CT molecular complexity index is 371. The third kappa shape index (κ3) is 2.93. The van der Waals surface area contributed by atoms with Gasteiger partial charge in [0.15, 0.2) is 0 Å². The predicted octanol–water partition coefficient (Wildman–Crippen LogP) is 1.35. The molecule has 0 fully saturated rings. The summed E-state index contributed by atoms with van der Waals surface area (Å²) in [6.45, 7) is 1.59. The molecule has 3 nitrogen and oxygen atoms in total. The van der Waals surface area contributed by atoms with Crippen LogP contribution < -0.4 is 10.2 Å². The minimum absolute atomic E-state index is 0.369. The van der Waals surface area contributed by atoms with Gasteiger partial charge in [-0.3, -0.25) is 0 Å². The molecule has 1 aromatic rings. The summed E-state index contributed by atoms with van der Waals surface area (Å²) in [5, 5.41) is 11.9. The van der Waals surface area contributed by atoms with Crippen molar-refractivity contribution in [2.24, 2.45) is 0 Å². The molecule has 0 bridgehead atoms. The number of benzene rings is 1. The van der Waals surface area contributed by atoms with Crippen molar-refractivity contribution in [3.05, 3.63) is 29.6 Å². The normalized spacial score (nSPS) is 9.73. The third-order valence-corrected chi connectivity index (χ3v) is 2.19. The maximum atomic E-state index is 12.9. The first-order valence-electron chi connectivity index (χ1n) is 4.74. The van der Waals surface area contributed by atoms with E-state index in [1.165, 1.54) is 12.1 Å². The van der Waals surface area contributed by atoms with Crippen LogP contribution in [0.5, 0.6) is 0 Å². The molecule has 0 saturated heterocycles. The Hall–Kier alpha value is -1.60. The van der Waals surface area contributed by atoms with Crippen molar-refractivity contribution in [1.29, 1.82) is 5.26 Å². The topological polar surface area (TPSA) is 39.1 Å². The van der Waals surface area contributed by atoms with Crippen LogP contribution in [0.25, 0.3) is 0 Å². The van der Waals surface area contributed by atoms with Gasteiger partial charge >= 0.3 is 0 Å². The second-order valence-electron chi connectivity index (χ2n) is 3.30. The highest BCUT2D eigenvalue weighted by Crippen LogP contribution is 2.19. The van der Waals surface area contributed by atoms with Crippen LogP contribution in [0.1, 0.15) is 5.56 Å². The number of nitrogens with zero attached hydrogens (tertiary/aromatic N) is 2. The molecule has 0 amide bonds. The Balaban J connectivity index is 2.89. The van der Waals surface area contributed by atoms with E-state index in [1.54, 1.807) is 6.07 Å². The van der Waals surface area contributed by atoms with E-state index in [1.807, 2.05) is 25.1 Å². The lowest BCUT2D eigenvalue weighted by Crippen LogP contribution is -2.27. The molecule has 0 aromatic heterocycles. The first-order valence-corrected chi connectivity index (χ1v) is 4.74. The number of halogens is 1. The molecule has 0 radical (unpaired) electrons. The summed E-state index contributed by atoms with van der Waals surface area (Å²) in [6.07, 6.45) is 0. The van der Waals surface area contributed by atoms with Gasteiger partial charge in [0.1, 0.15) is 11.9 Å². The molecule has 0 atom stereocenters. The fourth-order valence-corrected chi connectivity index (χ4v) is 1.33. The largest absolute Gasteiger partial charge is 0.372 e. The summed E-state index contributed by atoms with van der Waals surface area (Å²) < 4.78 is 12.9. The molecule has 0 aliphatic carbocycles. The van der Waals surface area contributed by atoms with Crippen molar-refractivity contribution < 1.29 is 4.39 Å². The SMILES string of the molecule is CNCCN(C)c1ccc(F)cc1C#N. The molecular weight excluding hydrogens is 193 g/mol. The van der Waals surface area contributed by atoms with Crippen molar-refractivity contribution in [1.82, 2.24) is 5.32 Å². The molecule has 0 aliphatic rings. The maximum Gasteiger partial charge on any atom is 0.124 e. The van der Waals surface area contributed by atoms with E-state index < -0.39 is 0 Å². The molecule has 0 spiro atoms. The number of likely N-dealkylation sites (N-methyl/N-ethyl adjacent to an activating group) is 2. The van der Waals surface area contributed by atoms with E-state index in [9.17, 15) is 4.39 Å². The van der Waals surface area contributed by atoms with Gasteiger partial charge in [-0.15, -0.1) is 0 Å². The zero-order chi connectivity index (χ0) is 11.3. The summed E-state index contributed by atoms with van der Waals surface area (Å²) in [5.41, 5.74) is 1.13. The van der Waals surface area contributed by atoms with Crippen molar-refractivity contribution in [2.45, 2.75) is 0 Å². The van der Waals surface area contributed by atoms with E-state index in [4.69, 9.17) is 5.26 Å². The summed E-state index contributed by atoms with van der Waals surface area (Å²) in [5.74, 6) is -0.377. The molecular formula is C11H14FN3. The van der Waals surface area contributed by atoms with Gasteiger partial charge in [0.25, 0.3) is 0 Å². The van der Waals surface area contributed by atoms with Crippen LogP contribution in [0.4, 0.5) is 10.1 Å². The molecule has 0 aliphatic heterocycles. The van der Waals surface area contributed by atoms with Crippen LogP contribution in [-0.2, 0) is 0 Å². The Labute approximate surface area is 89.1 Å². The summed E-state index contributed by atoms with van der Waals surface area (Å²) >= 11 is 0. The van der Waals surface area contributed by atoms with Crippen LogP contribution in [0.15, 0.2) is 18.2 Å². The number of anilines is 1. The summed E-state index contributed by atoms with van der Waals surface area (Å²) in [4.78, 5) is 1.93. The Morgan fingerprint density at radius 2 is 2.27 bits per heavy atom. The van der Waals surface area contributed by atoms with Gasteiger partial charge < -0.3 is 10.2 Å². The van der Waals surface area contributed by atoms with Gasteiger partial charge in [-0.05, 0) is 25.2 Å². The van der Waals surface area contributed by atoms with Gasteiger partial charge in [-0.25, -0.2) is 4.39 Å². The number of nitrogens with one attached hydrogen (secondary N) is 1. The predicted molar refractivity (Wildman–Crippen MR) is 58.3 cm³/mol. The summed E-state index contributed by atoms with van der Waals surface area (Å²) in [6, 6.07) is 6.24. The van der Waals surface area contributed by atoms with Crippen LogP contribution >= 0.6 is 0 Å². The average Bonchev–Trinajstić information content (AvgIpc) is 2.25. The van der Waals surface area contributed by atoms with E-state index in [0.717, 1.165) is 18.8 Å². The molecule has 80 valence electrons. The highest BCUT2D eigenvalue weighted by molar-refractivity contribution is 5.58. The molecule has 0 unspecified atom stereocenters. The van der Waals surface area contributed by atoms with Gasteiger partial charge in [0, 0.05) is 20.1 Å². The lowest BCUT2D eigenvalue weighted by molar-refractivity contribution is 0.627. The van der Waals surface area contributed by atoms with E-state index in [2.05, 4.69) is 5.32 Å². The molecule has 1 N–H and O–H groups in total. The molecule has 0 heterocycles. The lowest BCUT2D eigenvalue weighted by atomic mass is 10.1. The number of hydrogen-bond acceptors (Lipinski definition) is 3. The Morgan fingerprint density at radius 3 is 2.87 bits per heavy atom. The van der Waals surface area contributed by atoms with Crippen LogP contribution in [-0.4, -0.2) is 27.2 Å². The smallest absolute Gasteiger partial charge is 0.124 e. The maximum absolute atomic E-state index is 12.9. The second kappa shape index (κ2) is 5.32. The Kier molecular flexibility index (Phi) is 4.07. The molecule has 4 heteroatoms. The van der Waals surface area contributed by atoms with Gasteiger partial charge in [0.2, 0.25) is 0 Å². The molecule has 1 rings (SSSR count). The van der Waals surface area contributed by atoms with Crippen LogP contribution in [0.3, 0.4) is 0 Å². The van der Waals surface area contributed by atoms with E-state index in [0.29, 0.717) is 5.56 Å². The van der Waals surface area contributed by atoms with Gasteiger partial charge in [0.05, 0.1) is 11.3 Å². The van der Waals surface area contributed by atoms with Gasteiger partial charge in [-0.1, -0.05) is 0 Å². The molecule has 1 aromatic carbocycles. The fourth-order valence-electron chi connectivity index (χ4n) is 1.33. The standard InChI is InChI=1S/C11H14FN3/c1-14-5-6-15(2)11-4-3-10(12)7-9(11)8-13/h3-4,7,14H,5-6H2,1-2H3. The zero-order valence-electron chi connectivity index (χ0n) is 8.92. The van der Waals surface area contributed by atoms with Crippen molar-refractivity contribution in [3.8, 4) is 6.07 Å². The minimum Gasteiger partial charge on any atom is -0.372 e. The first-order chi connectivity index (χ1) is 7.19. The number of nitriles is 1. The highest BCUT2D eigenvalue weighted by atomic mass is 19.1. The highest BCUT2D eigenvalue weighted by Gasteiger charge is 2.07. The molecule has 15 heavy (non-hydrogen) atoms. The average molecular weight is 207 g/mol. The lowest BCUT2D eigenvalue weighted by Gasteiger charge is -2.20. The summed E-state index contributed by atoms with van der Waals surface area (Å²) in [7, 11) is 3.75. The number of rotatable bonds is 4. The fraction of sp³-hybridized carbons (Fsp3) is 0.364. The monoisotopic (exact) mass is 207 g/mol. The van der Waals surface area contributed by atoms with Crippen molar-refractivity contribution in [2.75, 3.05) is 32.1 Å². The zero-order valence-corrected chi connectivity index (χ0v) is 8.92. The van der Waals surface area contributed by atoms with Gasteiger partial charge in [-0.2, -0.15) is 5.26 Å². The third-order valence-electron chi connectivity index (χ3n) is 2.19. The quantitative estimate of drug-likeness (QED) is 0.810. The second-order valence-corrected chi connectivity index (χ2v) is 3.30. The van der Waals surface area contributed by atoms with Crippen LogP contribution in [0, 0.1) is 17.1 Å². The van der Waals surface area contributed by atoms with Crippen LogP contribution in [0.2, 0.25) is 0 Å². The van der Waals surface area contributed by atoms with E-state index in [-0.39, 0.29) is 5.82 Å². The molecule has 0 saturated carbocycles. The minimum atomic E-state index is -0.377. The number of hydrogen-bond donors (Lipinski definition) is 1. The first kappa shape index (κ1) is 11.5. The van der Waals surface area contributed by atoms with Crippen molar-refractivity contribution >= 4 is 5.69 Å².